The van der Waals surface area contributed by atoms with E-state index in [-0.39, 0.29) is 4.90 Å². The predicted octanol–water partition coefficient (Wildman–Crippen LogP) is 3.18. The van der Waals surface area contributed by atoms with Gasteiger partial charge in [0, 0.05) is 11.0 Å². The molecule has 0 aliphatic rings. The van der Waals surface area contributed by atoms with Crippen LogP contribution in [-0.2, 0) is 19.6 Å². The van der Waals surface area contributed by atoms with Crippen molar-refractivity contribution in [3.8, 4) is 5.75 Å². The lowest BCUT2D eigenvalue weighted by Crippen LogP contribution is -2.36. The summed E-state index contributed by atoms with van der Waals surface area (Å²) in [6.45, 7) is 1.85. The van der Waals surface area contributed by atoms with E-state index in [1.54, 1.807) is 36.4 Å². The first-order chi connectivity index (χ1) is 12.4. The van der Waals surface area contributed by atoms with E-state index < -0.39 is 22.5 Å². The molecule has 6 nitrogen and oxygen atoms in total. The van der Waals surface area contributed by atoms with E-state index in [9.17, 15) is 13.2 Å². The minimum atomic E-state index is -3.95. The molecule has 2 aromatic rings. The topological polar surface area (TPSA) is 72.9 Å². The van der Waals surface area contributed by atoms with Gasteiger partial charge in [-0.15, -0.1) is 11.8 Å². The Morgan fingerprint density at radius 2 is 1.85 bits per heavy atom. The van der Waals surface area contributed by atoms with Gasteiger partial charge in [-0.2, -0.15) is 0 Å². The number of carbonyl (C=O) groups excluding carboxylic acids is 1. The van der Waals surface area contributed by atoms with Gasteiger partial charge in [0.1, 0.15) is 12.3 Å². The fourth-order valence-corrected chi connectivity index (χ4v) is 4.08. The van der Waals surface area contributed by atoms with Gasteiger partial charge in [0.15, 0.2) is 0 Å². The van der Waals surface area contributed by atoms with Gasteiger partial charge in [0.25, 0.3) is 10.0 Å². The highest BCUT2D eigenvalue weighted by Crippen LogP contribution is 2.28. The highest BCUT2D eigenvalue weighted by atomic mass is 32.2. The first-order valence-electron chi connectivity index (χ1n) is 7.88. The smallest absolute Gasteiger partial charge is 0.326 e. The summed E-state index contributed by atoms with van der Waals surface area (Å²) in [6.07, 6.45) is 1.91. The second-order valence-corrected chi connectivity index (χ2v) is 7.94. The van der Waals surface area contributed by atoms with E-state index in [1.165, 1.54) is 31.0 Å². The van der Waals surface area contributed by atoms with Gasteiger partial charge in [-0.25, -0.2) is 8.42 Å². The Morgan fingerprint density at radius 1 is 1.15 bits per heavy atom. The molecule has 0 aliphatic heterocycles. The van der Waals surface area contributed by atoms with Gasteiger partial charge in [-0.1, -0.05) is 6.07 Å². The SMILES string of the molecule is CCOc1cccc(N(CC(=O)OC)S(=O)(=O)c2ccc(SC)cc2)c1. The van der Waals surface area contributed by atoms with Crippen LogP contribution >= 0.6 is 11.8 Å². The zero-order valence-corrected chi connectivity index (χ0v) is 16.5. The van der Waals surface area contributed by atoms with Crippen LogP contribution < -0.4 is 9.04 Å². The molecule has 8 heteroatoms. The van der Waals surface area contributed by atoms with Gasteiger partial charge >= 0.3 is 5.97 Å². The maximum atomic E-state index is 13.1. The summed E-state index contributed by atoms with van der Waals surface area (Å²) in [5, 5.41) is 0. The molecule has 0 N–H and O–H groups in total. The number of thioether (sulfide) groups is 1. The zero-order valence-electron chi connectivity index (χ0n) is 14.8. The van der Waals surface area contributed by atoms with Crippen LogP contribution in [0, 0.1) is 0 Å². The van der Waals surface area contributed by atoms with Crippen LogP contribution in [-0.4, -0.2) is 40.9 Å². The molecule has 26 heavy (non-hydrogen) atoms. The predicted molar refractivity (Wildman–Crippen MR) is 102 cm³/mol. The van der Waals surface area contributed by atoms with Gasteiger partial charge in [0.05, 0.1) is 24.3 Å². The molecule has 2 rings (SSSR count). The molecule has 0 amide bonds. The van der Waals surface area contributed by atoms with Crippen LogP contribution in [0.2, 0.25) is 0 Å². The fraction of sp³-hybridized carbons (Fsp3) is 0.278. The standard InChI is InChI=1S/C18H21NO5S2/c1-4-24-15-7-5-6-14(12-15)19(13-18(20)23-2)26(21,22)17-10-8-16(25-3)9-11-17/h5-12H,4,13H2,1-3H3. The number of benzene rings is 2. The van der Waals surface area contributed by atoms with Crippen molar-refractivity contribution in [2.75, 3.05) is 30.8 Å². The number of esters is 1. The van der Waals surface area contributed by atoms with Crippen molar-refractivity contribution in [1.82, 2.24) is 0 Å². The Balaban J connectivity index is 2.48. The van der Waals surface area contributed by atoms with Crippen molar-refractivity contribution < 1.29 is 22.7 Å². The third kappa shape index (κ3) is 4.70. The van der Waals surface area contributed by atoms with Crippen LogP contribution in [0.4, 0.5) is 5.69 Å². The molecule has 0 atom stereocenters. The quantitative estimate of drug-likeness (QED) is 0.505. The van der Waals surface area contributed by atoms with E-state index in [1.807, 2.05) is 13.2 Å². The monoisotopic (exact) mass is 395 g/mol. The molecule has 0 saturated heterocycles. The Morgan fingerprint density at radius 3 is 2.42 bits per heavy atom. The second-order valence-electron chi connectivity index (χ2n) is 5.19. The molecule has 2 aromatic carbocycles. The summed E-state index contributed by atoms with van der Waals surface area (Å²) in [4.78, 5) is 12.9. The number of carbonyl (C=O) groups is 1. The molecule has 0 unspecified atom stereocenters. The van der Waals surface area contributed by atoms with Crippen LogP contribution in [0.3, 0.4) is 0 Å². The summed E-state index contributed by atoms with van der Waals surface area (Å²) in [5.41, 5.74) is 0.329. The minimum absolute atomic E-state index is 0.0982. The Kier molecular flexibility index (Phi) is 6.93. The molecular formula is C18H21NO5S2. The van der Waals surface area contributed by atoms with Crippen molar-refractivity contribution in [1.29, 1.82) is 0 Å². The van der Waals surface area contributed by atoms with Crippen LogP contribution in [0.15, 0.2) is 58.3 Å². The number of hydrogen-bond acceptors (Lipinski definition) is 6. The largest absolute Gasteiger partial charge is 0.494 e. The molecule has 0 bridgehead atoms. The Labute approximate surface area is 158 Å². The summed E-state index contributed by atoms with van der Waals surface area (Å²) < 4.78 is 37.4. The van der Waals surface area contributed by atoms with Crippen LogP contribution in [0.1, 0.15) is 6.92 Å². The average Bonchev–Trinajstić information content (AvgIpc) is 2.66. The van der Waals surface area contributed by atoms with E-state index in [2.05, 4.69) is 4.74 Å². The number of sulfonamides is 1. The van der Waals surface area contributed by atoms with Crippen LogP contribution in [0.5, 0.6) is 5.75 Å². The molecule has 0 aromatic heterocycles. The molecule has 0 spiro atoms. The number of ether oxygens (including phenoxy) is 2. The van der Waals surface area contributed by atoms with E-state index in [0.717, 1.165) is 9.20 Å². The number of nitrogens with zero attached hydrogens (tertiary/aromatic N) is 1. The third-order valence-corrected chi connectivity index (χ3v) is 6.10. The molecule has 0 radical (unpaired) electrons. The molecule has 0 fully saturated rings. The number of anilines is 1. The maximum Gasteiger partial charge on any atom is 0.326 e. The minimum Gasteiger partial charge on any atom is -0.494 e. The molecule has 0 aliphatic carbocycles. The molecule has 0 saturated carbocycles. The summed E-state index contributed by atoms with van der Waals surface area (Å²) in [5.74, 6) is -0.135. The molecule has 0 heterocycles. The molecular weight excluding hydrogens is 374 g/mol. The lowest BCUT2D eigenvalue weighted by atomic mass is 10.3. The van der Waals surface area contributed by atoms with E-state index in [0.29, 0.717) is 18.0 Å². The zero-order chi connectivity index (χ0) is 19.2. The number of methoxy groups -OCH3 is 1. The maximum absolute atomic E-state index is 13.1. The summed E-state index contributed by atoms with van der Waals surface area (Å²) in [7, 11) is -2.73. The Bertz CT molecular complexity index is 850. The van der Waals surface area contributed by atoms with Gasteiger partial charge in [0.2, 0.25) is 0 Å². The van der Waals surface area contributed by atoms with Crippen molar-refractivity contribution >= 4 is 33.4 Å². The first kappa shape index (κ1) is 20.1. The van der Waals surface area contributed by atoms with Gasteiger partial charge < -0.3 is 9.47 Å². The van der Waals surface area contributed by atoms with Crippen molar-refractivity contribution in [3.05, 3.63) is 48.5 Å². The van der Waals surface area contributed by atoms with Crippen molar-refractivity contribution in [2.45, 2.75) is 16.7 Å². The molecule has 140 valence electrons. The fourth-order valence-electron chi connectivity index (χ4n) is 2.27. The lowest BCUT2D eigenvalue weighted by molar-refractivity contribution is -0.138. The highest BCUT2D eigenvalue weighted by Gasteiger charge is 2.27. The summed E-state index contributed by atoms with van der Waals surface area (Å²) >= 11 is 1.52. The van der Waals surface area contributed by atoms with Crippen molar-refractivity contribution in [3.63, 3.8) is 0 Å². The first-order valence-corrected chi connectivity index (χ1v) is 10.5. The van der Waals surface area contributed by atoms with Gasteiger partial charge in [-0.05, 0) is 49.6 Å². The average molecular weight is 396 g/mol. The van der Waals surface area contributed by atoms with E-state index >= 15 is 0 Å². The number of hydrogen-bond donors (Lipinski definition) is 0. The lowest BCUT2D eigenvalue weighted by Gasteiger charge is -2.24. The third-order valence-electron chi connectivity index (χ3n) is 3.56. The number of rotatable bonds is 8. The Hall–Kier alpha value is -2.19. The highest BCUT2D eigenvalue weighted by molar-refractivity contribution is 7.98. The normalized spacial score (nSPS) is 11.0. The summed E-state index contributed by atoms with van der Waals surface area (Å²) in [6, 6.07) is 13.1. The van der Waals surface area contributed by atoms with Gasteiger partial charge in [-0.3, -0.25) is 9.10 Å². The van der Waals surface area contributed by atoms with Crippen molar-refractivity contribution in [2.24, 2.45) is 0 Å². The second kappa shape index (κ2) is 8.95. The van der Waals surface area contributed by atoms with E-state index in [4.69, 9.17) is 4.74 Å². The van der Waals surface area contributed by atoms with Crippen LogP contribution in [0.25, 0.3) is 0 Å².